The Bertz CT molecular complexity index is 196. The van der Waals surface area contributed by atoms with Crippen molar-refractivity contribution in [2.45, 2.75) is 32.1 Å². The van der Waals surface area contributed by atoms with Gasteiger partial charge in [0.05, 0.1) is 0 Å². The van der Waals surface area contributed by atoms with E-state index >= 15 is 0 Å². The van der Waals surface area contributed by atoms with Crippen LogP contribution in [0.5, 0.6) is 0 Å². The zero-order valence-electron chi connectivity index (χ0n) is 9.11. The maximum absolute atomic E-state index is 11.3. The average molecular weight is 215 g/mol. The molecule has 0 aliphatic heterocycles. The summed E-state index contributed by atoms with van der Waals surface area (Å²) in [6.45, 7) is 0.975. The number of rotatable bonds is 6. The van der Waals surface area contributed by atoms with E-state index in [0.29, 0.717) is 31.2 Å². The first kappa shape index (κ1) is 12.5. The summed E-state index contributed by atoms with van der Waals surface area (Å²) in [5, 5.41) is 20.5. The number of amides is 1. The van der Waals surface area contributed by atoms with Crippen LogP contribution in [-0.4, -0.2) is 35.9 Å². The van der Waals surface area contributed by atoms with E-state index in [9.17, 15) is 4.79 Å². The summed E-state index contributed by atoms with van der Waals surface area (Å²) >= 11 is 0. The molecule has 0 heterocycles. The number of nitrogens with one attached hydrogen (secondary N) is 1. The van der Waals surface area contributed by atoms with E-state index in [-0.39, 0.29) is 19.1 Å². The first-order valence-electron chi connectivity index (χ1n) is 5.76. The van der Waals surface area contributed by atoms with Gasteiger partial charge in [0, 0.05) is 26.2 Å². The van der Waals surface area contributed by atoms with Crippen LogP contribution in [0.1, 0.15) is 32.1 Å². The number of aliphatic hydroxyl groups is 2. The molecule has 4 nitrogen and oxygen atoms in total. The van der Waals surface area contributed by atoms with Crippen molar-refractivity contribution >= 4 is 5.91 Å². The van der Waals surface area contributed by atoms with Gasteiger partial charge in [-0.25, -0.2) is 0 Å². The Kier molecular flexibility index (Phi) is 5.65. The van der Waals surface area contributed by atoms with Crippen LogP contribution in [0.4, 0.5) is 0 Å². The van der Waals surface area contributed by atoms with Gasteiger partial charge in [-0.15, -0.1) is 0 Å². The zero-order valence-corrected chi connectivity index (χ0v) is 9.11. The first-order valence-corrected chi connectivity index (χ1v) is 5.76. The van der Waals surface area contributed by atoms with Crippen LogP contribution in [0.15, 0.2) is 0 Å². The monoisotopic (exact) mass is 215 g/mol. The first-order chi connectivity index (χ1) is 7.27. The standard InChI is InChI=1S/C11H21NO3/c13-6-2-5-11(15)12-7-9-3-1-4-10(9)8-14/h9-10,13-14H,1-8H2,(H,12,15). The molecule has 0 bridgehead atoms. The molecule has 0 radical (unpaired) electrons. The molecule has 0 spiro atoms. The topological polar surface area (TPSA) is 69.6 Å². The Morgan fingerprint density at radius 3 is 2.67 bits per heavy atom. The largest absolute Gasteiger partial charge is 0.396 e. The van der Waals surface area contributed by atoms with E-state index in [1.165, 1.54) is 0 Å². The molecule has 2 atom stereocenters. The Morgan fingerprint density at radius 1 is 1.27 bits per heavy atom. The van der Waals surface area contributed by atoms with Crippen molar-refractivity contribution in [2.75, 3.05) is 19.8 Å². The molecule has 1 aliphatic carbocycles. The van der Waals surface area contributed by atoms with E-state index in [2.05, 4.69) is 5.32 Å². The Balaban J connectivity index is 2.15. The minimum atomic E-state index is 0.00707. The second-order valence-corrected chi connectivity index (χ2v) is 4.26. The minimum absolute atomic E-state index is 0.00707. The Hall–Kier alpha value is -0.610. The van der Waals surface area contributed by atoms with Gasteiger partial charge in [0.1, 0.15) is 0 Å². The van der Waals surface area contributed by atoms with Crippen molar-refractivity contribution in [1.29, 1.82) is 0 Å². The van der Waals surface area contributed by atoms with Gasteiger partial charge >= 0.3 is 0 Å². The van der Waals surface area contributed by atoms with Crippen LogP contribution in [0, 0.1) is 11.8 Å². The second-order valence-electron chi connectivity index (χ2n) is 4.26. The van der Waals surface area contributed by atoms with E-state index in [1.807, 2.05) is 0 Å². The molecule has 0 aromatic heterocycles. The molecule has 0 saturated heterocycles. The van der Waals surface area contributed by atoms with Crippen LogP contribution >= 0.6 is 0 Å². The summed E-state index contributed by atoms with van der Waals surface area (Å²) in [5.41, 5.74) is 0. The van der Waals surface area contributed by atoms with Crippen molar-refractivity contribution in [3.05, 3.63) is 0 Å². The Labute approximate surface area is 90.7 Å². The predicted molar refractivity (Wildman–Crippen MR) is 57.2 cm³/mol. The van der Waals surface area contributed by atoms with Crippen molar-refractivity contribution in [3.63, 3.8) is 0 Å². The van der Waals surface area contributed by atoms with Crippen LogP contribution in [-0.2, 0) is 4.79 Å². The fraction of sp³-hybridized carbons (Fsp3) is 0.909. The molecular formula is C11H21NO3. The molecule has 1 amide bonds. The summed E-state index contributed by atoms with van der Waals surface area (Å²) in [6.07, 6.45) is 4.26. The summed E-state index contributed by atoms with van der Waals surface area (Å²) in [7, 11) is 0. The fourth-order valence-corrected chi connectivity index (χ4v) is 2.20. The highest BCUT2D eigenvalue weighted by Crippen LogP contribution is 2.30. The van der Waals surface area contributed by atoms with Gasteiger partial charge in [-0.2, -0.15) is 0 Å². The number of aliphatic hydroxyl groups excluding tert-OH is 2. The smallest absolute Gasteiger partial charge is 0.220 e. The maximum Gasteiger partial charge on any atom is 0.220 e. The summed E-state index contributed by atoms with van der Waals surface area (Å²) < 4.78 is 0. The van der Waals surface area contributed by atoms with E-state index in [4.69, 9.17) is 10.2 Å². The Morgan fingerprint density at radius 2 is 2.00 bits per heavy atom. The normalized spacial score (nSPS) is 25.5. The third-order valence-corrected chi connectivity index (χ3v) is 3.17. The highest BCUT2D eigenvalue weighted by Gasteiger charge is 2.26. The van der Waals surface area contributed by atoms with E-state index < -0.39 is 0 Å². The third-order valence-electron chi connectivity index (χ3n) is 3.17. The minimum Gasteiger partial charge on any atom is -0.396 e. The highest BCUT2D eigenvalue weighted by atomic mass is 16.3. The van der Waals surface area contributed by atoms with Gasteiger partial charge in [-0.05, 0) is 31.1 Å². The lowest BCUT2D eigenvalue weighted by Crippen LogP contribution is -2.31. The molecule has 1 saturated carbocycles. The molecule has 2 unspecified atom stereocenters. The van der Waals surface area contributed by atoms with Crippen molar-refractivity contribution in [2.24, 2.45) is 11.8 Å². The molecule has 4 heteroatoms. The molecule has 1 rings (SSSR count). The van der Waals surface area contributed by atoms with Gasteiger partial charge in [-0.1, -0.05) is 6.42 Å². The van der Waals surface area contributed by atoms with Crippen molar-refractivity contribution < 1.29 is 15.0 Å². The number of hydrogen-bond acceptors (Lipinski definition) is 3. The van der Waals surface area contributed by atoms with Gasteiger partial charge in [0.2, 0.25) is 5.91 Å². The van der Waals surface area contributed by atoms with Crippen LogP contribution < -0.4 is 5.32 Å². The summed E-state index contributed by atoms with van der Waals surface area (Å²) in [5.74, 6) is 0.809. The van der Waals surface area contributed by atoms with E-state index in [1.54, 1.807) is 0 Å². The van der Waals surface area contributed by atoms with Crippen molar-refractivity contribution in [1.82, 2.24) is 5.32 Å². The van der Waals surface area contributed by atoms with Crippen LogP contribution in [0.25, 0.3) is 0 Å². The van der Waals surface area contributed by atoms with Gasteiger partial charge in [0.25, 0.3) is 0 Å². The number of carbonyl (C=O) groups is 1. The lowest BCUT2D eigenvalue weighted by atomic mass is 9.97. The lowest BCUT2D eigenvalue weighted by Gasteiger charge is -2.17. The fourth-order valence-electron chi connectivity index (χ4n) is 2.20. The summed E-state index contributed by atoms with van der Waals surface area (Å²) in [6, 6.07) is 0. The highest BCUT2D eigenvalue weighted by molar-refractivity contribution is 5.75. The average Bonchev–Trinajstić information content (AvgIpc) is 2.70. The molecular weight excluding hydrogens is 194 g/mol. The van der Waals surface area contributed by atoms with Gasteiger partial charge < -0.3 is 15.5 Å². The second kappa shape index (κ2) is 6.80. The molecule has 1 aliphatic rings. The quantitative estimate of drug-likeness (QED) is 0.596. The lowest BCUT2D eigenvalue weighted by molar-refractivity contribution is -0.121. The molecule has 15 heavy (non-hydrogen) atoms. The van der Waals surface area contributed by atoms with Crippen LogP contribution in [0.2, 0.25) is 0 Å². The number of carbonyl (C=O) groups excluding carboxylic acids is 1. The zero-order chi connectivity index (χ0) is 11.1. The number of hydrogen-bond donors (Lipinski definition) is 3. The molecule has 0 aromatic rings. The molecule has 1 fully saturated rings. The van der Waals surface area contributed by atoms with Crippen LogP contribution in [0.3, 0.4) is 0 Å². The SMILES string of the molecule is O=C(CCCO)NCC1CCCC1CO. The molecule has 0 aromatic carbocycles. The van der Waals surface area contributed by atoms with Gasteiger partial charge in [-0.3, -0.25) is 4.79 Å². The maximum atomic E-state index is 11.3. The predicted octanol–water partition coefficient (Wildman–Crippen LogP) is 0.284. The van der Waals surface area contributed by atoms with Gasteiger partial charge in [0.15, 0.2) is 0 Å². The van der Waals surface area contributed by atoms with Crippen molar-refractivity contribution in [3.8, 4) is 0 Å². The summed E-state index contributed by atoms with van der Waals surface area (Å²) in [4.78, 5) is 11.3. The molecule has 3 N–H and O–H groups in total. The third kappa shape index (κ3) is 4.18. The molecule has 88 valence electrons. The van der Waals surface area contributed by atoms with E-state index in [0.717, 1.165) is 19.3 Å².